The molecular weight excluding hydrogens is 365 g/mol. The van der Waals surface area contributed by atoms with E-state index < -0.39 is 6.03 Å². The Bertz CT molecular complexity index is 796. The normalized spacial score (nSPS) is 13.5. The van der Waals surface area contributed by atoms with Crippen LogP contribution < -0.4 is 10.6 Å². The van der Waals surface area contributed by atoms with E-state index in [1.54, 1.807) is 35.2 Å². The lowest BCUT2D eigenvalue weighted by Crippen LogP contribution is -2.23. The number of cyclic esters (lactones) is 1. The molecule has 6 nitrogen and oxygen atoms in total. The number of benzene rings is 2. The number of amides is 3. The molecule has 130 valence electrons. The van der Waals surface area contributed by atoms with Crippen LogP contribution in [-0.4, -0.2) is 30.2 Å². The van der Waals surface area contributed by atoms with Gasteiger partial charge in [0.05, 0.1) is 17.3 Å². The fourth-order valence-electron chi connectivity index (χ4n) is 2.36. The number of ether oxygens (including phenoxy) is 1. The van der Waals surface area contributed by atoms with Gasteiger partial charge in [-0.2, -0.15) is 0 Å². The van der Waals surface area contributed by atoms with Gasteiger partial charge in [0.15, 0.2) is 0 Å². The minimum absolute atomic E-state index is 0.304. The smallest absolute Gasteiger partial charge is 0.410 e. The number of nitrogens with zero attached hydrogens (tertiary/aromatic N) is 1. The Morgan fingerprint density at radius 2 is 1.88 bits per heavy atom. The van der Waals surface area contributed by atoms with Gasteiger partial charge >= 0.3 is 12.1 Å². The highest BCUT2D eigenvalue weighted by atomic mass is 35.5. The van der Waals surface area contributed by atoms with Crippen LogP contribution in [-0.2, 0) is 11.3 Å². The van der Waals surface area contributed by atoms with Gasteiger partial charge in [-0.1, -0.05) is 35.3 Å². The molecule has 1 aliphatic rings. The van der Waals surface area contributed by atoms with Crippen molar-refractivity contribution in [3.8, 4) is 0 Å². The Labute approximate surface area is 154 Å². The fourth-order valence-corrected chi connectivity index (χ4v) is 2.81. The van der Waals surface area contributed by atoms with Crippen LogP contribution in [0, 0.1) is 0 Å². The Hall–Kier alpha value is -2.44. The van der Waals surface area contributed by atoms with E-state index in [2.05, 4.69) is 10.6 Å². The van der Waals surface area contributed by atoms with Crippen LogP contribution in [0.25, 0.3) is 0 Å². The second kappa shape index (κ2) is 7.63. The zero-order chi connectivity index (χ0) is 17.8. The third-order valence-corrected chi connectivity index (χ3v) is 4.16. The molecule has 3 rings (SSSR count). The van der Waals surface area contributed by atoms with Gasteiger partial charge in [0.2, 0.25) is 0 Å². The average molecular weight is 380 g/mol. The lowest BCUT2D eigenvalue weighted by molar-refractivity contribution is 0.157. The van der Waals surface area contributed by atoms with Crippen molar-refractivity contribution in [3.05, 3.63) is 58.1 Å². The molecule has 0 atom stereocenters. The molecule has 0 saturated carbocycles. The van der Waals surface area contributed by atoms with Crippen LogP contribution in [0.5, 0.6) is 0 Å². The van der Waals surface area contributed by atoms with Crippen molar-refractivity contribution in [2.45, 2.75) is 6.54 Å². The van der Waals surface area contributed by atoms with Gasteiger partial charge in [-0.25, -0.2) is 9.59 Å². The van der Waals surface area contributed by atoms with Crippen LogP contribution in [0.15, 0.2) is 42.5 Å². The Morgan fingerprint density at radius 3 is 2.52 bits per heavy atom. The molecule has 0 radical (unpaired) electrons. The number of carbonyl (C=O) groups excluding carboxylic acids is 2. The summed E-state index contributed by atoms with van der Waals surface area (Å²) in [6.07, 6.45) is -0.304. The van der Waals surface area contributed by atoms with Gasteiger partial charge in [-0.15, -0.1) is 0 Å². The quantitative estimate of drug-likeness (QED) is 0.815. The first kappa shape index (κ1) is 17.4. The minimum Gasteiger partial charge on any atom is -0.448 e. The first-order chi connectivity index (χ1) is 12.0. The van der Waals surface area contributed by atoms with Crippen LogP contribution >= 0.6 is 23.2 Å². The third kappa shape index (κ3) is 4.55. The van der Waals surface area contributed by atoms with Crippen molar-refractivity contribution >= 4 is 46.7 Å². The molecule has 1 aliphatic heterocycles. The van der Waals surface area contributed by atoms with Crippen molar-refractivity contribution in [2.75, 3.05) is 23.8 Å². The van der Waals surface area contributed by atoms with Crippen molar-refractivity contribution in [2.24, 2.45) is 0 Å². The van der Waals surface area contributed by atoms with Crippen molar-refractivity contribution < 1.29 is 14.3 Å². The predicted octanol–water partition coefficient (Wildman–Crippen LogP) is 4.59. The molecule has 0 aromatic heterocycles. The number of anilines is 2. The summed E-state index contributed by atoms with van der Waals surface area (Å²) < 4.78 is 4.89. The predicted molar refractivity (Wildman–Crippen MR) is 97.3 cm³/mol. The van der Waals surface area contributed by atoms with Crippen LogP contribution in [0.1, 0.15) is 5.56 Å². The molecule has 1 fully saturated rings. The number of hydrogen-bond acceptors (Lipinski definition) is 3. The summed E-state index contributed by atoms with van der Waals surface area (Å²) in [5, 5.41) is 6.22. The maximum Gasteiger partial charge on any atom is 0.410 e. The standard InChI is InChI=1S/C17H15Cl2N3O3/c18-12-3-6-15(14(19)9-12)21-16(23)20-13-4-1-11(2-5-13)10-22-7-8-25-17(22)24/h1-6,9H,7-8,10H2,(H2,20,21,23). The number of rotatable bonds is 4. The van der Waals surface area contributed by atoms with E-state index in [1.807, 2.05) is 12.1 Å². The number of urea groups is 1. The average Bonchev–Trinajstić information content (AvgIpc) is 2.97. The van der Waals surface area contributed by atoms with Crippen LogP contribution in [0.2, 0.25) is 10.0 Å². The summed E-state index contributed by atoms with van der Waals surface area (Å²) in [6, 6.07) is 11.6. The minimum atomic E-state index is -0.417. The van der Waals surface area contributed by atoms with E-state index in [0.29, 0.717) is 41.1 Å². The number of carbonyl (C=O) groups is 2. The highest BCUT2D eigenvalue weighted by molar-refractivity contribution is 6.36. The Balaban J connectivity index is 1.57. The van der Waals surface area contributed by atoms with E-state index >= 15 is 0 Å². The topological polar surface area (TPSA) is 70.7 Å². The molecule has 0 aliphatic carbocycles. The zero-order valence-electron chi connectivity index (χ0n) is 13.1. The maximum atomic E-state index is 12.0. The largest absolute Gasteiger partial charge is 0.448 e. The molecule has 0 bridgehead atoms. The molecule has 0 spiro atoms. The summed E-state index contributed by atoms with van der Waals surface area (Å²) in [4.78, 5) is 25.1. The van der Waals surface area contributed by atoms with E-state index in [9.17, 15) is 9.59 Å². The summed E-state index contributed by atoms with van der Waals surface area (Å²) in [6.45, 7) is 1.49. The molecular formula is C17H15Cl2N3O3. The molecule has 8 heteroatoms. The fraction of sp³-hybridized carbons (Fsp3) is 0.176. The van der Waals surface area contributed by atoms with Gasteiger partial charge in [0.1, 0.15) is 6.61 Å². The molecule has 1 saturated heterocycles. The SMILES string of the molecule is O=C(Nc1ccc(CN2CCOC2=O)cc1)Nc1ccc(Cl)cc1Cl. The van der Waals surface area contributed by atoms with E-state index in [0.717, 1.165) is 5.56 Å². The second-order valence-electron chi connectivity index (χ2n) is 5.44. The van der Waals surface area contributed by atoms with Gasteiger partial charge in [-0.05, 0) is 35.9 Å². The molecule has 0 unspecified atom stereocenters. The van der Waals surface area contributed by atoms with Crippen LogP contribution in [0.3, 0.4) is 0 Å². The van der Waals surface area contributed by atoms with Gasteiger partial charge < -0.3 is 20.3 Å². The van der Waals surface area contributed by atoms with Gasteiger partial charge in [-0.3, -0.25) is 0 Å². The molecule has 1 heterocycles. The Kier molecular flexibility index (Phi) is 5.31. The second-order valence-corrected chi connectivity index (χ2v) is 6.28. The number of hydrogen-bond donors (Lipinski definition) is 2. The van der Waals surface area contributed by atoms with E-state index in [1.165, 1.54) is 0 Å². The Morgan fingerprint density at radius 1 is 1.12 bits per heavy atom. The first-order valence-corrected chi connectivity index (χ1v) is 8.30. The van der Waals surface area contributed by atoms with Crippen molar-refractivity contribution in [3.63, 3.8) is 0 Å². The highest BCUT2D eigenvalue weighted by Crippen LogP contribution is 2.25. The molecule has 2 N–H and O–H groups in total. The summed E-state index contributed by atoms with van der Waals surface area (Å²) in [7, 11) is 0. The molecule has 2 aromatic carbocycles. The lowest BCUT2D eigenvalue weighted by Gasteiger charge is -2.13. The lowest BCUT2D eigenvalue weighted by atomic mass is 10.2. The van der Waals surface area contributed by atoms with E-state index in [-0.39, 0.29) is 6.09 Å². The maximum absolute atomic E-state index is 12.0. The van der Waals surface area contributed by atoms with Gasteiger partial charge in [0.25, 0.3) is 0 Å². The summed E-state index contributed by atoms with van der Waals surface area (Å²) in [5.74, 6) is 0. The first-order valence-electron chi connectivity index (χ1n) is 7.55. The zero-order valence-corrected chi connectivity index (χ0v) is 14.6. The summed E-state index contributed by atoms with van der Waals surface area (Å²) >= 11 is 11.8. The van der Waals surface area contributed by atoms with Crippen molar-refractivity contribution in [1.29, 1.82) is 0 Å². The number of halogens is 2. The van der Waals surface area contributed by atoms with Crippen molar-refractivity contribution in [1.82, 2.24) is 4.90 Å². The number of nitrogens with one attached hydrogen (secondary N) is 2. The summed E-state index contributed by atoms with van der Waals surface area (Å²) in [5.41, 5.74) is 2.04. The molecule has 2 aromatic rings. The molecule has 25 heavy (non-hydrogen) atoms. The van der Waals surface area contributed by atoms with E-state index in [4.69, 9.17) is 27.9 Å². The monoisotopic (exact) mass is 379 g/mol. The van der Waals surface area contributed by atoms with Crippen LogP contribution in [0.4, 0.5) is 21.0 Å². The van der Waals surface area contributed by atoms with Gasteiger partial charge in [0, 0.05) is 17.3 Å². The molecule has 3 amide bonds. The third-order valence-electron chi connectivity index (χ3n) is 3.61. The highest BCUT2D eigenvalue weighted by Gasteiger charge is 2.21.